The van der Waals surface area contributed by atoms with E-state index in [2.05, 4.69) is 0 Å². The van der Waals surface area contributed by atoms with Crippen LogP contribution in [0.15, 0.2) is 48.2 Å². The highest BCUT2D eigenvalue weighted by atomic mass is 35.5. The number of hydrogen-bond donors (Lipinski definition) is 0. The molecule has 0 unspecified atom stereocenters. The molecule has 2 heterocycles. The van der Waals surface area contributed by atoms with Crippen molar-refractivity contribution in [2.24, 2.45) is 0 Å². The molecule has 0 atom stereocenters. The van der Waals surface area contributed by atoms with Gasteiger partial charge in [-0.15, -0.1) is 0 Å². The maximum Gasteiger partial charge on any atom is 0.231 e. The van der Waals surface area contributed by atoms with Gasteiger partial charge in [0.1, 0.15) is 29.7 Å². The third kappa shape index (κ3) is 4.06. The summed E-state index contributed by atoms with van der Waals surface area (Å²) in [6.07, 6.45) is 1.61. The van der Waals surface area contributed by atoms with E-state index in [0.29, 0.717) is 45.6 Å². The highest BCUT2D eigenvalue weighted by molar-refractivity contribution is 6.31. The molecule has 0 spiro atoms. The molecule has 0 bridgehead atoms. The van der Waals surface area contributed by atoms with E-state index < -0.39 is 5.82 Å². The fourth-order valence-corrected chi connectivity index (χ4v) is 4.27. The summed E-state index contributed by atoms with van der Waals surface area (Å²) in [5.74, 6) is 0.884. The highest BCUT2D eigenvalue weighted by Crippen LogP contribution is 2.41. The minimum absolute atomic E-state index is 0.0597. The normalized spacial score (nSPS) is 15.6. The van der Waals surface area contributed by atoms with Gasteiger partial charge in [-0.3, -0.25) is 4.79 Å². The van der Waals surface area contributed by atoms with Crippen molar-refractivity contribution in [2.75, 3.05) is 6.79 Å². The SMILES string of the molecule is Cc1c(OCc2c(F)cccc2Cl)ccc2c1O/C(=C\c1cc(Cl)cc3c1OCOC3)C2=O. The molecule has 8 heteroatoms. The average Bonchev–Trinajstić information content (AvgIpc) is 3.11. The van der Waals surface area contributed by atoms with Crippen LogP contribution in [-0.4, -0.2) is 12.6 Å². The van der Waals surface area contributed by atoms with Gasteiger partial charge in [0.2, 0.25) is 5.78 Å². The molecule has 0 aromatic heterocycles. The van der Waals surface area contributed by atoms with Crippen LogP contribution in [0.3, 0.4) is 0 Å². The molecule has 0 amide bonds. The number of benzene rings is 3. The standard InChI is InChI=1S/C25H17Cl2FO5/c1-13-21(31-11-18-19(27)3-2-4-20(18)28)6-5-17-23(29)22(33-24(13)17)9-14-7-16(26)8-15-10-30-12-32-25(14)15/h2-9H,10-12H2,1H3/b22-9-. The van der Waals surface area contributed by atoms with Crippen LogP contribution in [0.5, 0.6) is 17.2 Å². The fourth-order valence-electron chi connectivity index (χ4n) is 3.80. The number of rotatable bonds is 4. The molecule has 0 saturated carbocycles. The number of ether oxygens (including phenoxy) is 4. The minimum Gasteiger partial charge on any atom is -0.488 e. The summed E-state index contributed by atoms with van der Waals surface area (Å²) in [5.41, 5.74) is 2.71. The average molecular weight is 487 g/mol. The summed E-state index contributed by atoms with van der Waals surface area (Å²) in [4.78, 5) is 13.0. The summed E-state index contributed by atoms with van der Waals surface area (Å²) >= 11 is 12.3. The number of Topliss-reactive ketones (excluding diaryl/α,β-unsaturated/α-hetero) is 1. The number of fused-ring (bicyclic) bond motifs is 2. The molecule has 2 aliphatic rings. The zero-order chi connectivity index (χ0) is 23.1. The number of hydrogen-bond acceptors (Lipinski definition) is 5. The van der Waals surface area contributed by atoms with Crippen molar-refractivity contribution in [2.45, 2.75) is 20.1 Å². The molecule has 0 radical (unpaired) electrons. The van der Waals surface area contributed by atoms with E-state index in [1.807, 2.05) is 0 Å². The van der Waals surface area contributed by atoms with E-state index in [9.17, 15) is 9.18 Å². The highest BCUT2D eigenvalue weighted by Gasteiger charge is 2.31. The minimum atomic E-state index is -0.449. The lowest BCUT2D eigenvalue weighted by Gasteiger charge is -2.20. The molecule has 33 heavy (non-hydrogen) atoms. The third-order valence-corrected chi connectivity index (χ3v) is 6.03. The number of carbonyl (C=O) groups excluding carboxylic acids is 1. The Morgan fingerprint density at radius 1 is 1.15 bits per heavy atom. The summed E-state index contributed by atoms with van der Waals surface area (Å²) in [5, 5.41) is 0.777. The Balaban J connectivity index is 1.44. The van der Waals surface area contributed by atoms with Crippen molar-refractivity contribution in [1.29, 1.82) is 0 Å². The molecular formula is C25H17Cl2FO5. The second-order valence-electron chi connectivity index (χ2n) is 7.59. The maximum atomic E-state index is 14.1. The molecule has 168 valence electrons. The van der Waals surface area contributed by atoms with E-state index >= 15 is 0 Å². The Morgan fingerprint density at radius 2 is 2.00 bits per heavy atom. The molecular weight excluding hydrogens is 470 g/mol. The van der Waals surface area contributed by atoms with Crippen LogP contribution in [0.4, 0.5) is 4.39 Å². The molecule has 5 nitrogen and oxygen atoms in total. The number of ketones is 1. The second kappa shape index (κ2) is 8.71. The van der Waals surface area contributed by atoms with Crippen LogP contribution in [0.1, 0.15) is 32.6 Å². The van der Waals surface area contributed by atoms with Crippen molar-refractivity contribution >= 4 is 35.1 Å². The number of halogens is 3. The first-order valence-corrected chi connectivity index (χ1v) is 10.8. The lowest BCUT2D eigenvalue weighted by molar-refractivity contribution is -0.0165. The Labute approximate surface area is 199 Å². The van der Waals surface area contributed by atoms with Gasteiger partial charge in [0.15, 0.2) is 12.6 Å². The second-order valence-corrected chi connectivity index (χ2v) is 8.43. The summed E-state index contributed by atoms with van der Waals surface area (Å²) in [6.45, 7) is 2.20. The molecule has 2 aliphatic heterocycles. The predicted octanol–water partition coefficient (Wildman–Crippen LogP) is 6.50. The van der Waals surface area contributed by atoms with Crippen LogP contribution in [0.2, 0.25) is 10.0 Å². The zero-order valence-electron chi connectivity index (χ0n) is 17.4. The van der Waals surface area contributed by atoms with Crippen LogP contribution in [0, 0.1) is 12.7 Å². The van der Waals surface area contributed by atoms with Crippen LogP contribution in [-0.2, 0) is 18.0 Å². The van der Waals surface area contributed by atoms with Gasteiger partial charge in [-0.05, 0) is 49.4 Å². The van der Waals surface area contributed by atoms with Crippen molar-refractivity contribution in [1.82, 2.24) is 0 Å². The molecule has 0 aliphatic carbocycles. The van der Waals surface area contributed by atoms with Gasteiger partial charge in [0.25, 0.3) is 0 Å². The predicted molar refractivity (Wildman–Crippen MR) is 122 cm³/mol. The van der Waals surface area contributed by atoms with Crippen molar-refractivity contribution in [3.8, 4) is 17.2 Å². The molecule has 3 aromatic rings. The molecule has 0 N–H and O–H groups in total. The van der Waals surface area contributed by atoms with Gasteiger partial charge < -0.3 is 18.9 Å². The lowest BCUT2D eigenvalue weighted by atomic mass is 10.0. The largest absolute Gasteiger partial charge is 0.488 e. The topological polar surface area (TPSA) is 54.0 Å². The van der Waals surface area contributed by atoms with E-state index in [-0.39, 0.29) is 35.5 Å². The van der Waals surface area contributed by atoms with Crippen molar-refractivity contribution in [3.63, 3.8) is 0 Å². The zero-order valence-corrected chi connectivity index (χ0v) is 18.9. The van der Waals surface area contributed by atoms with Crippen LogP contribution < -0.4 is 14.2 Å². The summed E-state index contributed by atoms with van der Waals surface area (Å²) in [7, 11) is 0. The van der Waals surface area contributed by atoms with Gasteiger partial charge in [0, 0.05) is 27.3 Å². The smallest absolute Gasteiger partial charge is 0.231 e. The van der Waals surface area contributed by atoms with Crippen LogP contribution >= 0.6 is 23.2 Å². The first-order chi connectivity index (χ1) is 15.9. The fraction of sp³-hybridized carbons (Fsp3) is 0.160. The summed E-state index contributed by atoms with van der Waals surface area (Å²) < 4.78 is 36.7. The molecule has 3 aromatic carbocycles. The third-order valence-electron chi connectivity index (χ3n) is 5.46. The van der Waals surface area contributed by atoms with Gasteiger partial charge in [0.05, 0.1) is 17.2 Å². The first-order valence-electron chi connectivity index (χ1n) is 10.1. The number of carbonyl (C=O) groups is 1. The van der Waals surface area contributed by atoms with Gasteiger partial charge >= 0.3 is 0 Å². The van der Waals surface area contributed by atoms with Gasteiger partial charge in [-0.2, -0.15) is 0 Å². The Bertz CT molecular complexity index is 1300. The molecule has 5 rings (SSSR count). The van der Waals surface area contributed by atoms with Crippen molar-refractivity contribution in [3.05, 3.63) is 91.9 Å². The monoisotopic (exact) mass is 486 g/mol. The van der Waals surface area contributed by atoms with Gasteiger partial charge in [-0.1, -0.05) is 29.3 Å². The molecule has 0 fully saturated rings. The lowest BCUT2D eigenvalue weighted by Crippen LogP contribution is -2.12. The maximum absolute atomic E-state index is 14.1. The van der Waals surface area contributed by atoms with E-state index in [0.717, 1.165) is 5.56 Å². The first kappa shape index (κ1) is 21.8. The Kier molecular flexibility index (Phi) is 5.74. The number of allylic oxidation sites excluding steroid dienone is 1. The summed E-state index contributed by atoms with van der Waals surface area (Å²) in [6, 6.07) is 11.2. The van der Waals surface area contributed by atoms with Gasteiger partial charge in [-0.25, -0.2) is 4.39 Å². The van der Waals surface area contributed by atoms with E-state index in [1.165, 1.54) is 12.1 Å². The van der Waals surface area contributed by atoms with E-state index in [1.54, 1.807) is 43.3 Å². The van der Waals surface area contributed by atoms with E-state index in [4.69, 9.17) is 42.1 Å². The quantitative estimate of drug-likeness (QED) is 0.393. The van der Waals surface area contributed by atoms with Crippen LogP contribution in [0.25, 0.3) is 6.08 Å². The molecule has 0 saturated heterocycles. The Hall–Kier alpha value is -3.06. The Morgan fingerprint density at radius 3 is 2.82 bits per heavy atom. The van der Waals surface area contributed by atoms with Crippen molar-refractivity contribution < 1.29 is 28.1 Å².